The summed E-state index contributed by atoms with van der Waals surface area (Å²) in [4.78, 5) is 13.3. The fourth-order valence-electron chi connectivity index (χ4n) is 3.11. The average molecular weight is 273 g/mol. The molecule has 2 N–H and O–H groups in total. The van der Waals surface area contributed by atoms with Gasteiger partial charge in [0.05, 0.1) is 0 Å². The summed E-state index contributed by atoms with van der Waals surface area (Å²) >= 11 is 0. The summed E-state index contributed by atoms with van der Waals surface area (Å²) in [6, 6.07) is 8.30. The molecule has 0 spiro atoms. The SMILES string of the molecule is C[C@@H](c1cn(C)c2ccccc12)N1CCNC1C(=O)O. The van der Waals surface area contributed by atoms with Crippen molar-refractivity contribution in [2.45, 2.75) is 19.1 Å². The maximum absolute atomic E-state index is 11.3. The molecule has 1 aromatic carbocycles. The van der Waals surface area contributed by atoms with Gasteiger partial charge in [-0.2, -0.15) is 0 Å². The first-order valence-electron chi connectivity index (χ1n) is 6.85. The third-order valence-electron chi connectivity index (χ3n) is 4.15. The molecule has 20 heavy (non-hydrogen) atoms. The lowest BCUT2D eigenvalue weighted by atomic mass is 10.1. The highest BCUT2D eigenvalue weighted by atomic mass is 16.4. The van der Waals surface area contributed by atoms with E-state index in [0.29, 0.717) is 6.54 Å². The molecule has 0 aliphatic carbocycles. The summed E-state index contributed by atoms with van der Waals surface area (Å²) in [6.45, 7) is 3.54. The minimum absolute atomic E-state index is 0.0669. The topological polar surface area (TPSA) is 57.5 Å². The highest BCUT2D eigenvalue weighted by Crippen LogP contribution is 2.31. The van der Waals surface area contributed by atoms with E-state index in [2.05, 4.69) is 35.1 Å². The summed E-state index contributed by atoms with van der Waals surface area (Å²) < 4.78 is 2.10. The van der Waals surface area contributed by atoms with Gasteiger partial charge in [0.15, 0.2) is 6.17 Å². The van der Waals surface area contributed by atoms with E-state index in [0.717, 1.165) is 6.54 Å². The van der Waals surface area contributed by atoms with Crippen LogP contribution in [0.2, 0.25) is 0 Å². The second-order valence-electron chi connectivity index (χ2n) is 5.32. The lowest BCUT2D eigenvalue weighted by Gasteiger charge is -2.27. The van der Waals surface area contributed by atoms with Crippen molar-refractivity contribution >= 4 is 16.9 Å². The minimum Gasteiger partial charge on any atom is -0.479 e. The highest BCUT2D eigenvalue weighted by Gasteiger charge is 2.34. The largest absolute Gasteiger partial charge is 0.479 e. The molecular formula is C15H19N3O2. The lowest BCUT2D eigenvalue weighted by Crippen LogP contribution is -2.43. The summed E-state index contributed by atoms with van der Waals surface area (Å²) in [7, 11) is 2.02. The van der Waals surface area contributed by atoms with Gasteiger partial charge in [-0.15, -0.1) is 0 Å². The molecule has 2 heterocycles. The zero-order valence-corrected chi connectivity index (χ0v) is 11.7. The van der Waals surface area contributed by atoms with Gasteiger partial charge in [0.25, 0.3) is 0 Å². The molecule has 0 saturated carbocycles. The zero-order valence-electron chi connectivity index (χ0n) is 11.7. The predicted molar refractivity (Wildman–Crippen MR) is 77.5 cm³/mol. The van der Waals surface area contributed by atoms with E-state index in [1.807, 2.05) is 24.1 Å². The van der Waals surface area contributed by atoms with Crippen molar-refractivity contribution < 1.29 is 9.90 Å². The molecule has 2 aromatic rings. The smallest absolute Gasteiger partial charge is 0.335 e. The first kappa shape index (κ1) is 13.1. The summed E-state index contributed by atoms with van der Waals surface area (Å²) in [5.74, 6) is -0.811. The molecule has 5 nitrogen and oxygen atoms in total. The maximum atomic E-state index is 11.3. The normalized spacial score (nSPS) is 21.4. The molecule has 1 aromatic heterocycles. The molecule has 3 rings (SSSR count). The monoisotopic (exact) mass is 273 g/mol. The number of carboxylic acids is 1. The summed E-state index contributed by atoms with van der Waals surface area (Å²) in [5.41, 5.74) is 2.35. The Morgan fingerprint density at radius 2 is 2.20 bits per heavy atom. The van der Waals surface area contributed by atoms with E-state index < -0.39 is 12.1 Å². The van der Waals surface area contributed by atoms with Crippen LogP contribution in [-0.4, -0.2) is 39.8 Å². The fraction of sp³-hybridized carbons (Fsp3) is 0.400. The number of carboxylic acid groups (broad SMARTS) is 1. The van der Waals surface area contributed by atoms with Crippen LogP contribution in [0.5, 0.6) is 0 Å². The maximum Gasteiger partial charge on any atom is 0.335 e. The van der Waals surface area contributed by atoms with Crippen molar-refractivity contribution in [1.29, 1.82) is 0 Å². The summed E-state index contributed by atoms with van der Waals surface area (Å²) in [6.07, 6.45) is 1.51. The third-order valence-corrected chi connectivity index (χ3v) is 4.15. The van der Waals surface area contributed by atoms with Crippen molar-refractivity contribution in [3.63, 3.8) is 0 Å². The third kappa shape index (κ3) is 1.99. The Morgan fingerprint density at radius 3 is 2.95 bits per heavy atom. The van der Waals surface area contributed by atoms with Gasteiger partial charge >= 0.3 is 5.97 Å². The number of nitrogens with zero attached hydrogens (tertiary/aromatic N) is 2. The molecule has 0 radical (unpaired) electrons. The van der Waals surface area contributed by atoms with Crippen LogP contribution in [0, 0.1) is 0 Å². The van der Waals surface area contributed by atoms with Gasteiger partial charge in [-0.1, -0.05) is 18.2 Å². The van der Waals surface area contributed by atoms with Gasteiger partial charge in [-0.25, -0.2) is 4.79 Å². The van der Waals surface area contributed by atoms with Crippen molar-refractivity contribution in [2.24, 2.45) is 7.05 Å². The van der Waals surface area contributed by atoms with Crippen molar-refractivity contribution in [2.75, 3.05) is 13.1 Å². The number of aryl methyl sites for hydroxylation is 1. The second kappa shape index (κ2) is 4.92. The molecule has 106 valence electrons. The van der Waals surface area contributed by atoms with Crippen molar-refractivity contribution in [3.8, 4) is 0 Å². The molecule has 1 unspecified atom stereocenters. The molecule has 1 aliphatic heterocycles. The van der Waals surface area contributed by atoms with Gasteiger partial charge in [0, 0.05) is 43.3 Å². The fourth-order valence-corrected chi connectivity index (χ4v) is 3.11. The van der Waals surface area contributed by atoms with E-state index in [4.69, 9.17) is 0 Å². The van der Waals surface area contributed by atoms with E-state index in [1.54, 1.807) is 0 Å². The molecule has 0 bridgehead atoms. The Hall–Kier alpha value is -1.85. The van der Waals surface area contributed by atoms with Gasteiger partial charge < -0.3 is 9.67 Å². The standard InChI is InChI=1S/C15H19N3O2/c1-10(18-8-7-16-14(18)15(19)20)12-9-17(2)13-6-4-3-5-11(12)13/h3-6,9-10,14,16H,7-8H2,1-2H3,(H,19,20)/t10-,14?/m0/s1. The lowest BCUT2D eigenvalue weighted by molar-refractivity contribution is -0.143. The van der Waals surface area contributed by atoms with Crippen molar-refractivity contribution in [3.05, 3.63) is 36.0 Å². The average Bonchev–Trinajstić information content (AvgIpc) is 3.04. The molecule has 1 saturated heterocycles. The van der Waals surface area contributed by atoms with Crippen LogP contribution >= 0.6 is 0 Å². The number of fused-ring (bicyclic) bond motifs is 1. The Labute approximate surface area is 117 Å². The number of para-hydroxylation sites is 1. The molecule has 1 aliphatic rings. The molecule has 2 atom stereocenters. The first-order valence-corrected chi connectivity index (χ1v) is 6.85. The Balaban J connectivity index is 2.00. The number of aromatic nitrogens is 1. The molecule has 1 fully saturated rings. The number of hydrogen-bond acceptors (Lipinski definition) is 3. The van der Waals surface area contributed by atoms with Gasteiger partial charge in [-0.3, -0.25) is 10.2 Å². The molecule has 5 heteroatoms. The summed E-state index contributed by atoms with van der Waals surface area (Å²) in [5, 5.41) is 13.5. The van der Waals surface area contributed by atoms with Crippen LogP contribution in [0.25, 0.3) is 10.9 Å². The van der Waals surface area contributed by atoms with E-state index in [9.17, 15) is 9.90 Å². The quantitative estimate of drug-likeness (QED) is 0.891. The second-order valence-corrected chi connectivity index (χ2v) is 5.32. The Bertz CT molecular complexity index is 650. The van der Waals surface area contributed by atoms with Crippen LogP contribution in [-0.2, 0) is 11.8 Å². The predicted octanol–water partition coefficient (Wildman–Crippen LogP) is 1.56. The van der Waals surface area contributed by atoms with Crippen LogP contribution in [0.1, 0.15) is 18.5 Å². The number of hydrogen-bond donors (Lipinski definition) is 2. The van der Waals surface area contributed by atoms with Crippen LogP contribution in [0.15, 0.2) is 30.5 Å². The zero-order chi connectivity index (χ0) is 14.3. The minimum atomic E-state index is -0.811. The van der Waals surface area contributed by atoms with Crippen LogP contribution in [0.3, 0.4) is 0 Å². The Morgan fingerprint density at radius 1 is 1.45 bits per heavy atom. The van der Waals surface area contributed by atoms with E-state index in [-0.39, 0.29) is 6.04 Å². The first-order chi connectivity index (χ1) is 9.59. The number of rotatable bonds is 3. The Kier molecular flexibility index (Phi) is 3.23. The van der Waals surface area contributed by atoms with E-state index >= 15 is 0 Å². The number of aliphatic carboxylic acids is 1. The van der Waals surface area contributed by atoms with Crippen LogP contribution in [0.4, 0.5) is 0 Å². The molecule has 0 amide bonds. The van der Waals surface area contributed by atoms with Gasteiger partial charge in [0.1, 0.15) is 0 Å². The van der Waals surface area contributed by atoms with Gasteiger partial charge in [-0.05, 0) is 18.6 Å². The number of carbonyl (C=O) groups is 1. The number of benzene rings is 1. The molecular weight excluding hydrogens is 254 g/mol. The highest BCUT2D eigenvalue weighted by molar-refractivity contribution is 5.84. The van der Waals surface area contributed by atoms with Crippen molar-refractivity contribution in [1.82, 2.24) is 14.8 Å². The van der Waals surface area contributed by atoms with E-state index in [1.165, 1.54) is 16.5 Å². The van der Waals surface area contributed by atoms with Crippen LogP contribution < -0.4 is 5.32 Å². The van der Waals surface area contributed by atoms with Gasteiger partial charge in [0.2, 0.25) is 0 Å². The number of nitrogens with one attached hydrogen (secondary N) is 1.